The highest BCUT2D eigenvalue weighted by Crippen LogP contribution is 2.28. The Bertz CT molecular complexity index is 418. The highest BCUT2D eigenvalue weighted by atomic mass is 127. The number of hydrogen-bond donors (Lipinski definition) is 0. The Kier molecular flexibility index (Phi) is 30.3. The minimum Gasteiger partial charge on any atom is -1.00 e. The fourth-order valence-corrected chi connectivity index (χ4v) is 6.34. The third-order valence-electron chi connectivity index (χ3n) is 7.46. The first kappa shape index (κ1) is 36.7. The molecule has 0 saturated heterocycles. The first-order valence-electron chi connectivity index (χ1n) is 15.1. The van der Waals surface area contributed by atoms with Gasteiger partial charge >= 0.3 is 0 Å². The number of rotatable bonds is 26. The Morgan fingerprint density at radius 2 is 0.882 bits per heavy atom. The van der Waals surface area contributed by atoms with Crippen molar-refractivity contribution < 1.29 is 16.9 Å². The molecule has 0 aliphatic rings. The van der Waals surface area contributed by atoms with E-state index in [2.05, 4.69) is 49.3 Å². The second-order valence-corrected chi connectivity index (χ2v) is 12.1. The largest absolute Gasteiger partial charge is 1.00 e. The van der Waals surface area contributed by atoms with Crippen LogP contribution in [0.15, 0.2) is 0 Å². The highest BCUT2D eigenvalue weighted by Gasteiger charge is 2.33. The van der Waals surface area contributed by atoms with Gasteiger partial charge in [0.15, 0.2) is 0 Å². The Morgan fingerprint density at radius 1 is 0.559 bits per heavy atom. The molecule has 0 bridgehead atoms. The van der Waals surface area contributed by atoms with Gasteiger partial charge in [-0.1, -0.05) is 124 Å². The smallest absolute Gasteiger partial charge is 0.141 e. The van der Waals surface area contributed by atoms with E-state index in [-0.39, 0.29) is 12.4 Å². The number of terminal acetylenes is 1. The van der Waals surface area contributed by atoms with Gasteiger partial charge in [0.2, 0.25) is 0 Å². The average Bonchev–Trinajstić information content (AvgIpc) is 2.82. The van der Waals surface area contributed by atoms with Gasteiger partial charge < -0.3 is 16.9 Å². The van der Waals surface area contributed by atoms with Crippen molar-refractivity contribution in [3.05, 3.63) is 0 Å². The molecular weight excluding hydrogens is 549 g/mol. The van der Waals surface area contributed by atoms with E-state index < -0.39 is 0 Å². The van der Waals surface area contributed by atoms with Gasteiger partial charge in [-0.25, -0.2) is 0 Å². The fraction of sp³-hybridized carbons (Fsp3) is 0.935. The molecule has 34 heavy (non-hydrogen) atoms. The molecule has 1 unspecified atom stereocenters. The van der Waals surface area contributed by atoms with E-state index in [9.17, 15) is 0 Å². The van der Waals surface area contributed by atoms with E-state index >= 15 is 0 Å². The van der Waals surface area contributed by atoms with Gasteiger partial charge in [0.1, 0.15) is 10.6 Å². The second-order valence-electron chi connectivity index (χ2n) is 10.6. The van der Waals surface area contributed by atoms with Gasteiger partial charge in [0.25, 0.3) is 0 Å². The lowest BCUT2D eigenvalue weighted by Gasteiger charge is -2.42. The van der Waals surface area contributed by atoms with Crippen molar-refractivity contribution in [2.24, 2.45) is 0 Å². The maximum Gasteiger partial charge on any atom is 0.141 e. The maximum atomic E-state index is 5.97. The van der Waals surface area contributed by atoms with Crippen LogP contribution in [-0.4, -0.2) is 28.2 Å². The van der Waals surface area contributed by atoms with Crippen molar-refractivity contribution >= 4 is 22.6 Å². The van der Waals surface area contributed by atoms with E-state index in [1.165, 1.54) is 159 Å². The van der Waals surface area contributed by atoms with Gasteiger partial charge in [-0.2, -0.15) is 0 Å². The summed E-state index contributed by atoms with van der Waals surface area (Å²) < 4.78 is 1.88. The maximum absolute atomic E-state index is 5.97. The van der Waals surface area contributed by atoms with Crippen LogP contribution in [0.3, 0.4) is 0 Å². The third-order valence-corrected chi connectivity index (χ3v) is 9.26. The van der Waals surface area contributed by atoms with Crippen molar-refractivity contribution in [3.63, 3.8) is 0 Å². The lowest BCUT2D eigenvalue weighted by Crippen LogP contribution is -3.00. The van der Waals surface area contributed by atoms with Crippen LogP contribution in [0.1, 0.15) is 162 Å². The lowest BCUT2D eigenvalue weighted by atomic mass is 10.0. The Balaban J connectivity index is 0. The second kappa shape index (κ2) is 28.1. The molecular formula is C31H61ClIN. The van der Waals surface area contributed by atoms with Crippen molar-refractivity contribution in [3.8, 4) is 12.3 Å². The van der Waals surface area contributed by atoms with E-state index in [0.29, 0.717) is 4.05 Å². The molecule has 0 saturated carbocycles. The molecule has 0 rings (SSSR count). The normalized spacial score (nSPS) is 12.3. The zero-order valence-corrected chi connectivity index (χ0v) is 26.4. The van der Waals surface area contributed by atoms with Crippen LogP contribution < -0.4 is 12.4 Å². The van der Waals surface area contributed by atoms with Gasteiger partial charge in [0, 0.05) is 6.42 Å². The lowest BCUT2D eigenvalue weighted by molar-refractivity contribution is -0.928. The van der Waals surface area contributed by atoms with E-state index in [0.717, 1.165) is 6.54 Å². The molecule has 3 heteroatoms. The van der Waals surface area contributed by atoms with Gasteiger partial charge in [0.05, 0.1) is 13.1 Å². The van der Waals surface area contributed by atoms with Crippen LogP contribution in [0.25, 0.3) is 0 Å². The quantitative estimate of drug-likeness (QED) is 0.0234. The van der Waals surface area contributed by atoms with E-state index in [4.69, 9.17) is 6.42 Å². The first-order chi connectivity index (χ1) is 16.2. The molecule has 0 aliphatic carbocycles. The predicted octanol–water partition coefficient (Wildman–Crippen LogP) is 7.84. The Morgan fingerprint density at radius 3 is 1.24 bits per heavy atom. The number of hydrogen-bond acceptors (Lipinski definition) is 0. The van der Waals surface area contributed by atoms with Gasteiger partial charge in [-0.05, 0) is 60.6 Å². The molecule has 0 spiro atoms. The molecule has 0 aromatic carbocycles. The molecule has 0 aliphatic heterocycles. The number of nitrogens with zero attached hydrogens (tertiary/aromatic N) is 1. The first-order valence-corrected chi connectivity index (χ1v) is 16.3. The molecule has 0 radical (unpaired) electrons. The summed E-state index contributed by atoms with van der Waals surface area (Å²) in [5, 5.41) is 0. The zero-order valence-electron chi connectivity index (χ0n) is 23.5. The summed E-state index contributed by atoms with van der Waals surface area (Å²) >= 11 is 2.79. The molecule has 0 aromatic rings. The Labute approximate surface area is 236 Å². The standard InChI is InChI=1S/C31H61IN.ClH/c1-5-9-12-15-18-19-20-21-24-27-31(32)33(28-8-4,29-25-22-16-13-10-6-2)30-26-23-17-14-11-7-3;/h4,31H,5-7,9-30H2,1-3H3;1H/q+1;/p-1. The summed E-state index contributed by atoms with van der Waals surface area (Å²) in [5.41, 5.74) is 0. The summed E-state index contributed by atoms with van der Waals surface area (Å²) in [5.74, 6) is 3.11. The minimum atomic E-state index is 0. The number of alkyl halides is 1. The third kappa shape index (κ3) is 20.7. The number of unbranched alkanes of at least 4 members (excludes halogenated alkanes) is 18. The summed E-state index contributed by atoms with van der Waals surface area (Å²) in [7, 11) is 0. The van der Waals surface area contributed by atoms with Crippen molar-refractivity contribution in [2.75, 3.05) is 19.6 Å². The van der Waals surface area contributed by atoms with Crippen LogP contribution in [0.5, 0.6) is 0 Å². The number of halogens is 2. The van der Waals surface area contributed by atoms with Crippen LogP contribution in [0, 0.1) is 12.3 Å². The molecule has 204 valence electrons. The highest BCUT2D eigenvalue weighted by molar-refractivity contribution is 14.1. The van der Waals surface area contributed by atoms with E-state index in [1.54, 1.807) is 0 Å². The molecule has 0 aromatic heterocycles. The molecule has 0 amide bonds. The Hall–Kier alpha value is 0.540. The summed E-state index contributed by atoms with van der Waals surface area (Å²) in [6, 6.07) is 0. The molecule has 0 N–H and O–H groups in total. The molecule has 1 nitrogen and oxygen atoms in total. The molecule has 0 heterocycles. The van der Waals surface area contributed by atoms with Gasteiger partial charge in [-0.3, -0.25) is 0 Å². The van der Waals surface area contributed by atoms with Crippen LogP contribution in [0.4, 0.5) is 0 Å². The van der Waals surface area contributed by atoms with Crippen molar-refractivity contribution in [2.45, 2.75) is 166 Å². The minimum absolute atomic E-state index is 0. The predicted molar refractivity (Wildman–Crippen MR) is 160 cm³/mol. The zero-order chi connectivity index (χ0) is 24.5. The summed E-state index contributed by atoms with van der Waals surface area (Å²) in [6.07, 6.45) is 36.7. The average molecular weight is 610 g/mol. The number of quaternary nitrogens is 1. The van der Waals surface area contributed by atoms with Crippen molar-refractivity contribution in [1.82, 2.24) is 0 Å². The van der Waals surface area contributed by atoms with Crippen LogP contribution >= 0.6 is 22.6 Å². The van der Waals surface area contributed by atoms with Crippen LogP contribution in [0.2, 0.25) is 0 Å². The SMILES string of the molecule is C#CC[N+](CCCCCCCC)(CCCCCCCC)C(I)CCCCCCCCCCC.[Cl-]. The fourth-order valence-electron chi connectivity index (χ4n) is 5.14. The summed E-state index contributed by atoms with van der Waals surface area (Å²) in [6.45, 7) is 10.5. The summed E-state index contributed by atoms with van der Waals surface area (Å²) in [4.78, 5) is 0. The molecule has 0 fully saturated rings. The monoisotopic (exact) mass is 609 g/mol. The van der Waals surface area contributed by atoms with Crippen LogP contribution in [-0.2, 0) is 0 Å². The molecule has 1 atom stereocenters. The van der Waals surface area contributed by atoms with E-state index in [1.807, 2.05) is 0 Å². The van der Waals surface area contributed by atoms with Crippen molar-refractivity contribution in [1.29, 1.82) is 0 Å². The van der Waals surface area contributed by atoms with Gasteiger partial charge in [-0.15, -0.1) is 6.42 Å². The topological polar surface area (TPSA) is 0 Å².